The fraction of sp³-hybridized carbons (Fsp3) is 0.263. The molecule has 0 radical (unpaired) electrons. The van der Waals surface area contributed by atoms with E-state index in [1.54, 1.807) is 5.32 Å². The lowest BCUT2D eigenvalue weighted by molar-refractivity contribution is -0.275. The lowest BCUT2D eigenvalue weighted by atomic mass is 9.86. The van der Waals surface area contributed by atoms with Crippen molar-refractivity contribution in [2.45, 2.75) is 24.4 Å². The minimum atomic E-state index is -4.93. The highest BCUT2D eigenvalue weighted by atomic mass is 35.5. The van der Waals surface area contributed by atoms with Crippen molar-refractivity contribution < 1.29 is 40.4 Å². The van der Waals surface area contributed by atoms with E-state index >= 15 is 0 Å². The zero-order chi connectivity index (χ0) is 23.0. The Bertz CT molecular complexity index is 1020. The van der Waals surface area contributed by atoms with E-state index in [0.29, 0.717) is 0 Å². The van der Waals surface area contributed by atoms with Gasteiger partial charge in [0.15, 0.2) is 0 Å². The van der Waals surface area contributed by atoms with E-state index in [4.69, 9.17) is 16.4 Å². The smallest absolute Gasteiger partial charge is 0.374 e. The second kappa shape index (κ2) is 8.03. The first kappa shape index (κ1) is 22.9. The summed E-state index contributed by atoms with van der Waals surface area (Å²) in [6, 6.07) is 7.22. The highest BCUT2D eigenvalue weighted by molar-refractivity contribution is 6.30. The summed E-state index contributed by atoms with van der Waals surface area (Å²) in [6.07, 6.45) is -10.3. The van der Waals surface area contributed by atoms with Gasteiger partial charge >= 0.3 is 12.4 Å². The zero-order valence-electron chi connectivity index (χ0n) is 15.2. The van der Waals surface area contributed by atoms with Gasteiger partial charge in [0.2, 0.25) is 0 Å². The number of hydrogen-bond acceptors (Lipinski definition) is 3. The maximum Gasteiger partial charge on any atom is 0.435 e. The lowest BCUT2D eigenvalue weighted by Gasteiger charge is -2.29. The molecular formula is C19H12ClF7N2O2. The quantitative estimate of drug-likeness (QED) is 0.615. The topological polar surface area (TPSA) is 50.7 Å². The molecule has 0 spiro atoms. The molecule has 1 aliphatic heterocycles. The van der Waals surface area contributed by atoms with Crippen molar-refractivity contribution in [1.29, 1.82) is 0 Å². The summed E-state index contributed by atoms with van der Waals surface area (Å²) in [5, 5.41) is 4.67. The second-order valence-corrected chi connectivity index (χ2v) is 7.04. The number of nitrogens with zero attached hydrogens (tertiary/aromatic N) is 1. The zero-order valence-corrected chi connectivity index (χ0v) is 16.0. The number of hydrogen-bond donors (Lipinski definition) is 1. The summed E-state index contributed by atoms with van der Waals surface area (Å²) in [5.41, 5.74) is -3.44. The summed E-state index contributed by atoms with van der Waals surface area (Å²) >= 11 is 5.62. The van der Waals surface area contributed by atoms with Crippen LogP contribution in [0.3, 0.4) is 0 Å². The molecular weight excluding hydrogens is 457 g/mol. The van der Waals surface area contributed by atoms with E-state index < -0.39 is 53.2 Å². The van der Waals surface area contributed by atoms with E-state index in [-0.39, 0.29) is 16.8 Å². The third-order valence-corrected chi connectivity index (χ3v) is 4.79. The van der Waals surface area contributed by atoms with Gasteiger partial charge in [0.05, 0.1) is 10.7 Å². The fourth-order valence-corrected chi connectivity index (χ4v) is 3.08. The minimum Gasteiger partial charge on any atom is -0.374 e. The van der Waals surface area contributed by atoms with Crippen LogP contribution in [0.15, 0.2) is 47.6 Å². The van der Waals surface area contributed by atoms with Gasteiger partial charge in [-0.15, -0.1) is 0 Å². The molecule has 1 unspecified atom stereocenters. The minimum absolute atomic E-state index is 0.125. The van der Waals surface area contributed by atoms with Gasteiger partial charge in [0, 0.05) is 17.5 Å². The number of oxime groups is 1. The first-order valence-electron chi connectivity index (χ1n) is 8.55. The maximum absolute atomic E-state index is 13.9. The molecule has 0 fully saturated rings. The van der Waals surface area contributed by atoms with E-state index in [1.165, 1.54) is 12.1 Å². The van der Waals surface area contributed by atoms with Gasteiger partial charge in [-0.1, -0.05) is 35.0 Å². The van der Waals surface area contributed by atoms with Crippen molar-refractivity contribution in [1.82, 2.24) is 5.32 Å². The molecule has 1 N–H and O–H groups in total. The molecule has 3 rings (SSSR count). The number of halogens is 8. The van der Waals surface area contributed by atoms with Gasteiger partial charge in [-0.25, -0.2) is 4.39 Å². The lowest BCUT2D eigenvalue weighted by Crippen LogP contribution is -2.42. The third-order valence-electron chi connectivity index (χ3n) is 4.50. The standard InChI is InChI=1S/C19H12ClF7N2O2/c20-13-7-12(5-6-14(13)21)17(19(25,26)27)8-15(29-31-17)10-1-3-11(4-2-10)16(30)28-9-18(22,23)24/h1-7H,8-9H2,(H,28,30). The molecule has 1 heterocycles. The maximum atomic E-state index is 13.9. The Kier molecular flexibility index (Phi) is 5.92. The van der Waals surface area contributed by atoms with Gasteiger partial charge < -0.3 is 10.2 Å². The van der Waals surface area contributed by atoms with Gasteiger partial charge in [0.25, 0.3) is 11.5 Å². The van der Waals surface area contributed by atoms with Gasteiger partial charge in [-0.2, -0.15) is 26.3 Å². The van der Waals surface area contributed by atoms with Crippen molar-refractivity contribution in [3.8, 4) is 0 Å². The average molecular weight is 469 g/mol. The Morgan fingerprint density at radius 1 is 1.10 bits per heavy atom. The van der Waals surface area contributed by atoms with Crippen molar-refractivity contribution >= 4 is 23.2 Å². The largest absolute Gasteiger partial charge is 0.435 e. The Morgan fingerprint density at radius 2 is 1.74 bits per heavy atom. The number of benzene rings is 2. The molecule has 0 bridgehead atoms. The molecule has 1 amide bonds. The van der Waals surface area contributed by atoms with Crippen molar-refractivity contribution in [3.05, 3.63) is 70.0 Å². The SMILES string of the molecule is O=C(NCC(F)(F)F)c1ccc(C2=NOC(c3ccc(F)c(Cl)c3)(C(F)(F)F)C2)cc1. The van der Waals surface area contributed by atoms with Crippen molar-refractivity contribution in [3.63, 3.8) is 0 Å². The predicted octanol–water partition coefficient (Wildman–Crippen LogP) is 5.35. The van der Waals surface area contributed by atoms with Gasteiger partial charge in [0.1, 0.15) is 12.4 Å². The molecule has 166 valence electrons. The first-order valence-corrected chi connectivity index (χ1v) is 8.93. The fourth-order valence-electron chi connectivity index (χ4n) is 2.90. The molecule has 2 aromatic carbocycles. The van der Waals surface area contributed by atoms with Crippen LogP contribution in [-0.2, 0) is 10.4 Å². The summed E-state index contributed by atoms with van der Waals surface area (Å²) in [5.74, 6) is -1.90. The molecule has 1 aliphatic rings. The van der Waals surface area contributed by atoms with E-state index in [2.05, 4.69) is 5.16 Å². The van der Waals surface area contributed by atoms with Crippen LogP contribution in [0.2, 0.25) is 5.02 Å². The first-order chi connectivity index (χ1) is 14.3. The van der Waals surface area contributed by atoms with Crippen LogP contribution in [0.25, 0.3) is 0 Å². The average Bonchev–Trinajstić information content (AvgIpc) is 3.14. The summed E-state index contributed by atoms with van der Waals surface area (Å²) in [4.78, 5) is 16.5. The normalized spacial score (nSPS) is 19.0. The van der Waals surface area contributed by atoms with Crippen LogP contribution < -0.4 is 5.32 Å². The Balaban J connectivity index is 1.82. The number of carbonyl (C=O) groups is 1. The summed E-state index contributed by atoms with van der Waals surface area (Å²) in [7, 11) is 0. The number of alkyl halides is 6. The summed E-state index contributed by atoms with van der Waals surface area (Å²) < 4.78 is 91.6. The number of nitrogens with one attached hydrogen (secondary N) is 1. The summed E-state index contributed by atoms with van der Waals surface area (Å²) in [6.45, 7) is -1.53. The molecule has 12 heteroatoms. The monoisotopic (exact) mass is 468 g/mol. The molecule has 1 atom stereocenters. The van der Waals surface area contributed by atoms with Crippen molar-refractivity contribution in [2.24, 2.45) is 5.16 Å². The van der Waals surface area contributed by atoms with E-state index in [0.717, 1.165) is 30.3 Å². The van der Waals surface area contributed by atoms with Crippen LogP contribution in [0.1, 0.15) is 27.9 Å². The highest BCUT2D eigenvalue weighted by Crippen LogP contribution is 2.49. The predicted molar refractivity (Wildman–Crippen MR) is 96.2 cm³/mol. The number of rotatable bonds is 4. The second-order valence-electron chi connectivity index (χ2n) is 6.63. The van der Waals surface area contributed by atoms with Gasteiger partial charge in [-0.3, -0.25) is 4.79 Å². The van der Waals surface area contributed by atoms with E-state index in [1.807, 2.05) is 0 Å². The third kappa shape index (κ3) is 4.76. The van der Waals surface area contributed by atoms with Crippen LogP contribution >= 0.6 is 11.6 Å². The van der Waals surface area contributed by atoms with Crippen LogP contribution in [0.4, 0.5) is 30.7 Å². The Hall–Kier alpha value is -2.82. The molecule has 4 nitrogen and oxygen atoms in total. The number of amides is 1. The Labute approximate surface area is 175 Å². The van der Waals surface area contributed by atoms with Crippen molar-refractivity contribution in [2.75, 3.05) is 6.54 Å². The molecule has 0 saturated carbocycles. The Morgan fingerprint density at radius 3 is 2.29 bits per heavy atom. The van der Waals surface area contributed by atoms with Crippen LogP contribution in [0, 0.1) is 5.82 Å². The number of carbonyl (C=O) groups excluding carboxylic acids is 1. The van der Waals surface area contributed by atoms with Gasteiger partial charge in [-0.05, 0) is 29.8 Å². The molecule has 2 aromatic rings. The van der Waals surface area contributed by atoms with Crippen LogP contribution in [-0.4, -0.2) is 30.5 Å². The van der Waals surface area contributed by atoms with Crippen LogP contribution in [0.5, 0.6) is 0 Å². The molecule has 0 aliphatic carbocycles. The molecule has 0 saturated heterocycles. The molecule has 0 aromatic heterocycles. The molecule has 31 heavy (non-hydrogen) atoms. The van der Waals surface area contributed by atoms with E-state index in [9.17, 15) is 35.5 Å². The highest BCUT2D eigenvalue weighted by Gasteiger charge is 2.62.